The molecule has 1 aliphatic rings. The van der Waals surface area contributed by atoms with Crippen LogP contribution in [-0.4, -0.2) is 24.3 Å². The van der Waals surface area contributed by atoms with Crippen molar-refractivity contribution < 1.29 is 44.2 Å². The van der Waals surface area contributed by atoms with Crippen molar-refractivity contribution >= 4 is 5.97 Å². The molecule has 0 fully saturated rings. The Morgan fingerprint density at radius 1 is 1.75 bits per heavy atom. The number of esters is 1. The van der Waals surface area contributed by atoms with E-state index in [1.54, 1.807) is 6.08 Å². The van der Waals surface area contributed by atoms with Crippen LogP contribution in [0.3, 0.4) is 0 Å². The zero-order valence-electron chi connectivity index (χ0n) is 7.04. The molecule has 0 heterocycles. The Kier molecular flexibility index (Phi) is 6.38. The SMILES string of the molecule is O=C(OCCO)C1=[C-]CC=C1.[Na+]. The van der Waals surface area contributed by atoms with Crippen LogP contribution in [0.1, 0.15) is 6.42 Å². The predicted octanol–water partition coefficient (Wildman–Crippen LogP) is -2.78. The first-order chi connectivity index (χ1) is 5.34. The molecule has 60 valence electrons. The van der Waals surface area contributed by atoms with Gasteiger partial charge in [-0.15, -0.1) is 11.6 Å². The van der Waals surface area contributed by atoms with Crippen LogP contribution >= 0.6 is 0 Å². The van der Waals surface area contributed by atoms with E-state index in [4.69, 9.17) is 5.11 Å². The van der Waals surface area contributed by atoms with E-state index in [9.17, 15) is 4.79 Å². The van der Waals surface area contributed by atoms with Crippen molar-refractivity contribution in [1.29, 1.82) is 0 Å². The molecule has 0 radical (unpaired) electrons. The van der Waals surface area contributed by atoms with Gasteiger partial charge in [-0.1, -0.05) is 6.42 Å². The molecule has 0 saturated heterocycles. The number of hydrogen-bond donors (Lipinski definition) is 1. The Balaban J connectivity index is 0.00000121. The van der Waals surface area contributed by atoms with Gasteiger partial charge in [0, 0.05) is 0 Å². The van der Waals surface area contributed by atoms with Crippen molar-refractivity contribution in [2.45, 2.75) is 6.42 Å². The molecule has 1 N–H and O–H groups in total. The summed E-state index contributed by atoms with van der Waals surface area (Å²) in [6, 6.07) is 0. The maximum absolute atomic E-state index is 10.9. The Labute approximate surface area is 93.4 Å². The van der Waals surface area contributed by atoms with Crippen LogP contribution in [0, 0.1) is 6.08 Å². The zero-order chi connectivity index (χ0) is 8.10. The van der Waals surface area contributed by atoms with Crippen LogP contribution < -0.4 is 29.6 Å². The molecule has 3 nitrogen and oxygen atoms in total. The van der Waals surface area contributed by atoms with E-state index in [-0.39, 0.29) is 42.8 Å². The molecule has 0 aromatic rings. The van der Waals surface area contributed by atoms with Crippen LogP contribution in [0.5, 0.6) is 0 Å². The number of carbonyl (C=O) groups is 1. The molecule has 1 aliphatic carbocycles. The zero-order valence-corrected chi connectivity index (χ0v) is 9.04. The molecule has 0 aromatic carbocycles. The van der Waals surface area contributed by atoms with Crippen molar-refractivity contribution in [3.05, 3.63) is 23.8 Å². The van der Waals surface area contributed by atoms with Gasteiger partial charge in [-0.25, -0.2) is 0 Å². The number of ether oxygens (including phenoxy) is 1. The maximum Gasteiger partial charge on any atom is 1.00 e. The van der Waals surface area contributed by atoms with E-state index >= 15 is 0 Å². The van der Waals surface area contributed by atoms with E-state index in [1.807, 2.05) is 6.08 Å². The Morgan fingerprint density at radius 2 is 2.50 bits per heavy atom. The summed E-state index contributed by atoms with van der Waals surface area (Å²) in [6.07, 6.45) is 6.98. The topological polar surface area (TPSA) is 46.5 Å². The first kappa shape index (κ1) is 11.9. The Hall–Kier alpha value is -0.0900. The normalized spacial score (nSPS) is 13.6. The second-order valence-corrected chi connectivity index (χ2v) is 2.06. The third-order valence-electron chi connectivity index (χ3n) is 1.24. The second-order valence-electron chi connectivity index (χ2n) is 2.06. The van der Waals surface area contributed by atoms with Gasteiger partial charge < -0.3 is 14.6 Å². The van der Waals surface area contributed by atoms with E-state index in [2.05, 4.69) is 10.8 Å². The van der Waals surface area contributed by atoms with Crippen molar-refractivity contribution in [3.8, 4) is 0 Å². The predicted molar refractivity (Wildman–Crippen MR) is 38.6 cm³/mol. The number of rotatable bonds is 3. The molecular weight excluding hydrogens is 167 g/mol. The minimum absolute atomic E-state index is 0. The molecule has 1 rings (SSSR count). The third-order valence-corrected chi connectivity index (χ3v) is 1.24. The summed E-state index contributed by atoms with van der Waals surface area (Å²) >= 11 is 0. The molecule has 12 heavy (non-hydrogen) atoms. The van der Waals surface area contributed by atoms with Gasteiger partial charge in [0.15, 0.2) is 0 Å². The molecule has 0 aliphatic heterocycles. The number of aliphatic hydroxyl groups is 1. The Bertz CT molecular complexity index is 208. The standard InChI is InChI=1S/C8H9O3.Na/c9-5-6-11-8(10)7-3-1-2-4-7;/h1,3,9H,2,5-6H2;/q-1;+1. The largest absolute Gasteiger partial charge is 1.00 e. The van der Waals surface area contributed by atoms with E-state index < -0.39 is 5.97 Å². The number of carbonyl (C=O) groups excluding carboxylic acids is 1. The molecule has 0 amide bonds. The van der Waals surface area contributed by atoms with Gasteiger partial charge in [-0.05, 0) is 0 Å². The van der Waals surface area contributed by atoms with Crippen molar-refractivity contribution in [3.63, 3.8) is 0 Å². The third kappa shape index (κ3) is 3.54. The quantitative estimate of drug-likeness (QED) is 0.287. The molecule has 0 atom stereocenters. The van der Waals surface area contributed by atoms with Crippen LogP contribution in [0.25, 0.3) is 0 Å². The fourth-order valence-corrected chi connectivity index (χ4v) is 0.761. The van der Waals surface area contributed by atoms with Gasteiger partial charge in [0.25, 0.3) is 0 Å². The summed E-state index contributed by atoms with van der Waals surface area (Å²) in [5, 5.41) is 8.33. The smallest absolute Gasteiger partial charge is 0.517 e. The fraction of sp³-hybridized carbons (Fsp3) is 0.375. The van der Waals surface area contributed by atoms with Gasteiger partial charge in [0.1, 0.15) is 0 Å². The monoisotopic (exact) mass is 176 g/mol. The van der Waals surface area contributed by atoms with Crippen molar-refractivity contribution in [1.82, 2.24) is 0 Å². The minimum Gasteiger partial charge on any atom is -0.517 e. The summed E-state index contributed by atoms with van der Waals surface area (Å²) < 4.78 is 4.64. The summed E-state index contributed by atoms with van der Waals surface area (Å²) in [4.78, 5) is 10.9. The number of allylic oxidation sites excluding steroid dienone is 2. The number of hydrogen-bond acceptors (Lipinski definition) is 3. The van der Waals surface area contributed by atoms with Crippen LogP contribution in [0.2, 0.25) is 0 Å². The van der Waals surface area contributed by atoms with Crippen LogP contribution in [0.4, 0.5) is 0 Å². The van der Waals surface area contributed by atoms with Crippen LogP contribution in [0.15, 0.2) is 17.7 Å². The van der Waals surface area contributed by atoms with Gasteiger partial charge in [0.2, 0.25) is 5.97 Å². The average Bonchev–Trinajstić information content (AvgIpc) is 2.52. The first-order valence-electron chi connectivity index (χ1n) is 3.40. The maximum atomic E-state index is 10.9. The molecule has 0 saturated carbocycles. The van der Waals surface area contributed by atoms with E-state index in [0.717, 1.165) is 0 Å². The van der Waals surface area contributed by atoms with Gasteiger partial charge in [-0.3, -0.25) is 0 Å². The molecule has 0 bridgehead atoms. The van der Waals surface area contributed by atoms with Crippen molar-refractivity contribution in [2.75, 3.05) is 13.2 Å². The number of aliphatic hydroxyl groups excluding tert-OH is 1. The van der Waals surface area contributed by atoms with Gasteiger partial charge in [-0.2, -0.15) is 12.2 Å². The van der Waals surface area contributed by atoms with E-state index in [0.29, 0.717) is 12.0 Å². The summed E-state index contributed by atoms with van der Waals surface area (Å²) in [5.41, 5.74) is 0.457. The van der Waals surface area contributed by atoms with Gasteiger partial charge in [0.05, 0.1) is 13.2 Å². The summed E-state index contributed by atoms with van der Waals surface area (Å²) in [6.45, 7) is -0.0828. The molecule has 4 heteroatoms. The van der Waals surface area contributed by atoms with Gasteiger partial charge >= 0.3 is 29.6 Å². The molecule has 0 unspecified atom stereocenters. The minimum atomic E-state index is -0.409. The van der Waals surface area contributed by atoms with E-state index in [1.165, 1.54) is 0 Å². The first-order valence-corrected chi connectivity index (χ1v) is 3.40. The van der Waals surface area contributed by atoms with Crippen LogP contribution in [-0.2, 0) is 9.53 Å². The Morgan fingerprint density at radius 3 is 3.00 bits per heavy atom. The average molecular weight is 176 g/mol. The fourth-order valence-electron chi connectivity index (χ4n) is 0.761. The summed E-state index contributed by atoms with van der Waals surface area (Å²) in [7, 11) is 0. The molecule has 0 aromatic heterocycles. The molecule has 0 spiro atoms. The van der Waals surface area contributed by atoms with Crippen molar-refractivity contribution in [2.24, 2.45) is 0 Å². The summed E-state index contributed by atoms with van der Waals surface area (Å²) in [5.74, 6) is -0.409. The molecular formula is C8H9NaO3. The second kappa shape index (κ2) is 6.43.